The highest BCUT2D eigenvalue weighted by Crippen LogP contribution is 2.24. The van der Waals surface area contributed by atoms with E-state index in [-0.39, 0.29) is 11.8 Å². The molecule has 23 heavy (non-hydrogen) atoms. The molecule has 0 spiro atoms. The van der Waals surface area contributed by atoms with Gasteiger partial charge in [-0.3, -0.25) is 9.00 Å². The molecule has 2 unspecified atom stereocenters. The Kier molecular flexibility index (Phi) is 7.24. The van der Waals surface area contributed by atoms with Crippen LogP contribution in [0.15, 0.2) is 24.3 Å². The number of benzene rings is 1. The largest absolute Gasteiger partial charge is 0.326 e. The van der Waals surface area contributed by atoms with Gasteiger partial charge in [0.05, 0.1) is 0 Å². The van der Waals surface area contributed by atoms with Gasteiger partial charge in [0.2, 0.25) is 5.91 Å². The van der Waals surface area contributed by atoms with E-state index in [9.17, 15) is 9.00 Å². The van der Waals surface area contributed by atoms with Gasteiger partial charge >= 0.3 is 0 Å². The van der Waals surface area contributed by atoms with Gasteiger partial charge in [-0.1, -0.05) is 38.3 Å². The second kappa shape index (κ2) is 9.18. The van der Waals surface area contributed by atoms with Crippen LogP contribution in [0.2, 0.25) is 0 Å². The Hall–Kier alpha value is -1.20. The van der Waals surface area contributed by atoms with Crippen LogP contribution in [0.25, 0.3) is 0 Å². The van der Waals surface area contributed by atoms with E-state index in [1.165, 1.54) is 19.3 Å². The van der Waals surface area contributed by atoms with Gasteiger partial charge in [-0.2, -0.15) is 0 Å². The molecule has 0 saturated heterocycles. The molecule has 2 rings (SSSR count). The molecular weight excluding hydrogens is 308 g/mol. The fraction of sp³-hybridized carbons (Fsp3) is 0.611. The van der Waals surface area contributed by atoms with Crippen LogP contribution in [-0.2, 0) is 21.3 Å². The molecule has 2 N–H and O–H groups in total. The minimum Gasteiger partial charge on any atom is -0.326 e. The third-order valence-electron chi connectivity index (χ3n) is 4.39. The quantitative estimate of drug-likeness (QED) is 0.804. The summed E-state index contributed by atoms with van der Waals surface area (Å²) in [4.78, 5) is 12.1. The van der Waals surface area contributed by atoms with E-state index in [4.69, 9.17) is 0 Å². The summed E-state index contributed by atoms with van der Waals surface area (Å²) in [6, 6.07) is 7.75. The maximum atomic E-state index is 12.5. The van der Waals surface area contributed by atoms with Crippen LogP contribution >= 0.6 is 0 Å². The molecule has 1 amide bonds. The van der Waals surface area contributed by atoms with Gasteiger partial charge in [0.25, 0.3) is 0 Å². The van der Waals surface area contributed by atoms with Crippen molar-refractivity contribution in [3.05, 3.63) is 29.8 Å². The maximum Gasteiger partial charge on any atom is 0.228 e. The van der Waals surface area contributed by atoms with Gasteiger partial charge in [-0.25, -0.2) is 0 Å². The second-order valence-electron chi connectivity index (χ2n) is 6.43. The zero-order valence-corrected chi connectivity index (χ0v) is 15.0. The molecule has 0 bridgehead atoms. The molecular formula is C18H28N2O2S. The lowest BCUT2D eigenvalue weighted by Crippen LogP contribution is -2.28. The number of hydrogen-bond donors (Lipinski definition) is 2. The fourth-order valence-electron chi connectivity index (χ4n) is 3.01. The number of carbonyl (C=O) groups is 1. The van der Waals surface area contributed by atoms with E-state index < -0.39 is 10.8 Å². The normalized spacial score (nSPS) is 18.3. The predicted molar refractivity (Wildman–Crippen MR) is 96.9 cm³/mol. The first-order chi connectivity index (χ1) is 11.1. The first-order valence-corrected chi connectivity index (χ1v) is 9.90. The van der Waals surface area contributed by atoms with Crippen molar-refractivity contribution in [3.63, 3.8) is 0 Å². The van der Waals surface area contributed by atoms with Crippen molar-refractivity contribution in [1.29, 1.82) is 0 Å². The van der Waals surface area contributed by atoms with Gasteiger partial charge in [0.15, 0.2) is 0 Å². The molecule has 0 heterocycles. The van der Waals surface area contributed by atoms with Gasteiger partial charge in [0, 0.05) is 40.0 Å². The molecule has 4 nitrogen and oxygen atoms in total. The van der Waals surface area contributed by atoms with Crippen LogP contribution in [-0.4, -0.2) is 29.0 Å². The third kappa shape index (κ3) is 5.74. The standard InChI is InChI=1S/C18H28N2O2S/c1-14(12-19-2)18(21)20-16-8-6-7-15(11-16)13-23(22)17-9-4-3-5-10-17/h6-8,11,14,17,19H,3-5,9-10,12-13H2,1-2H3,(H,20,21). The van der Waals surface area contributed by atoms with Crippen LogP contribution in [0, 0.1) is 5.92 Å². The van der Waals surface area contributed by atoms with E-state index in [1.807, 2.05) is 38.2 Å². The zero-order chi connectivity index (χ0) is 16.7. The van der Waals surface area contributed by atoms with Gasteiger partial charge < -0.3 is 10.6 Å². The molecule has 128 valence electrons. The van der Waals surface area contributed by atoms with Crippen molar-refractivity contribution in [3.8, 4) is 0 Å². The first-order valence-electron chi connectivity index (χ1n) is 8.51. The topological polar surface area (TPSA) is 58.2 Å². The Morgan fingerprint density at radius 3 is 2.74 bits per heavy atom. The number of hydrogen-bond acceptors (Lipinski definition) is 3. The molecule has 2 atom stereocenters. The average molecular weight is 337 g/mol. The van der Waals surface area contributed by atoms with E-state index in [0.717, 1.165) is 24.1 Å². The summed E-state index contributed by atoms with van der Waals surface area (Å²) in [5.74, 6) is 0.505. The molecule has 1 aliphatic rings. The maximum absolute atomic E-state index is 12.5. The molecule has 1 aromatic rings. The molecule has 1 aromatic carbocycles. The molecule has 0 aliphatic heterocycles. The number of nitrogens with one attached hydrogen (secondary N) is 2. The van der Waals surface area contributed by atoms with Crippen LogP contribution in [0.3, 0.4) is 0 Å². The second-order valence-corrected chi connectivity index (χ2v) is 8.15. The monoisotopic (exact) mass is 336 g/mol. The summed E-state index contributed by atoms with van der Waals surface area (Å²) < 4.78 is 12.5. The van der Waals surface area contributed by atoms with Gasteiger partial charge in [-0.05, 0) is 37.6 Å². The van der Waals surface area contributed by atoms with Crippen LogP contribution < -0.4 is 10.6 Å². The Balaban J connectivity index is 1.93. The van der Waals surface area contributed by atoms with Crippen LogP contribution in [0.1, 0.15) is 44.6 Å². The average Bonchev–Trinajstić information content (AvgIpc) is 2.56. The molecule has 0 aromatic heterocycles. The number of carbonyl (C=O) groups excluding carboxylic acids is 1. The summed E-state index contributed by atoms with van der Waals surface area (Å²) >= 11 is 0. The van der Waals surface area contributed by atoms with Crippen molar-refractivity contribution < 1.29 is 9.00 Å². The minimum absolute atomic E-state index is 0.00454. The Labute approximate surface area is 141 Å². The van der Waals surface area contributed by atoms with Gasteiger partial charge in [-0.15, -0.1) is 0 Å². The third-order valence-corrected chi connectivity index (χ3v) is 6.22. The summed E-state index contributed by atoms with van der Waals surface area (Å²) in [6.45, 7) is 2.55. The minimum atomic E-state index is -0.813. The first kappa shape index (κ1) is 18.1. The highest BCUT2D eigenvalue weighted by Gasteiger charge is 2.20. The van der Waals surface area contributed by atoms with E-state index in [0.29, 0.717) is 17.5 Å². The molecule has 0 radical (unpaired) electrons. The predicted octanol–water partition coefficient (Wildman–Crippen LogP) is 3.06. The molecule has 1 aliphatic carbocycles. The smallest absolute Gasteiger partial charge is 0.228 e. The highest BCUT2D eigenvalue weighted by molar-refractivity contribution is 7.84. The molecule has 5 heteroatoms. The zero-order valence-electron chi connectivity index (χ0n) is 14.1. The van der Waals surface area contributed by atoms with Crippen molar-refractivity contribution in [1.82, 2.24) is 5.32 Å². The fourth-order valence-corrected chi connectivity index (χ4v) is 4.62. The van der Waals surface area contributed by atoms with Crippen molar-refractivity contribution >= 4 is 22.4 Å². The van der Waals surface area contributed by atoms with Crippen molar-refractivity contribution in [2.45, 2.75) is 50.0 Å². The lowest BCUT2D eigenvalue weighted by Gasteiger charge is -2.21. The van der Waals surface area contributed by atoms with Crippen LogP contribution in [0.4, 0.5) is 5.69 Å². The lowest BCUT2D eigenvalue weighted by atomic mass is 10.0. The summed E-state index contributed by atoms with van der Waals surface area (Å²) in [6.07, 6.45) is 5.86. The summed E-state index contributed by atoms with van der Waals surface area (Å²) in [5.41, 5.74) is 1.82. The van der Waals surface area contributed by atoms with E-state index >= 15 is 0 Å². The SMILES string of the molecule is CNCC(C)C(=O)Nc1cccc(CS(=O)C2CCCCC2)c1. The highest BCUT2D eigenvalue weighted by atomic mass is 32.2. The van der Waals surface area contributed by atoms with Gasteiger partial charge in [0.1, 0.15) is 0 Å². The van der Waals surface area contributed by atoms with Crippen LogP contribution in [0.5, 0.6) is 0 Å². The molecule has 1 saturated carbocycles. The number of rotatable bonds is 7. The Morgan fingerprint density at radius 2 is 2.04 bits per heavy atom. The van der Waals surface area contributed by atoms with E-state index in [1.54, 1.807) is 0 Å². The Bertz CT molecular complexity index is 542. The summed E-state index contributed by atoms with van der Waals surface area (Å²) in [7, 11) is 1.03. The van der Waals surface area contributed by atoms with Crippen molar-refractivity contribution in [2.24, 2.45) is 5.92 Å². The number of amides is 1. The lowest BCUT2D eigenvalue weighted by molar-refractivity contribution is -0.119. The summed E-state index contributed by atoms with van der Waals surface area (Å²) in [5, 5.41) is 6.29. The van der Waals surface area contributed by atoms with E-state index in [2.05, 4.69) is 10.6 Å². The van der Waals surface area contributed by atoms with Crippen molar-refractivity contribution in [2.75, 3.05) is 18.9 Å². The number of anilines is 1. The molecule has 1 fully saturated rings. The Morgan fingerprint density at radius 1 is 1.30 bits per heavy atom.